The molecule has 1 aliphatic rings. The molecule has 0 N–H and O–H groups in total. The van der Waals surface area contributed by atoms with Crippen molar-refractivity contribution < 1.29 is 0 Å². The van der Waals surface area contributed by atoms with E-state index in [0.29, 0.717) is 6.04 Å². The summed E-state index contributed by atoms with van der Waals surface area (Å²) in [6, 6.07) is 9.69. The molecule has 1 fully saturated rings. The van der Waals surface area contributed by atoms with Crippen LogP contribution in [0.5, 0.6) is 0 Å². The minimum Gasteiger partial charge on any atom is -0.302 e. The van der Waals surface area contributed by atoms with E-state index >= 15 is 0 Å². The maximum Gasteiger partial charge on any atom is 0.0429 e. The molecule has 1 aromatic rings. The first kappa shape index (κ1) is 14.0. The summed E-state index contributed by atoms with van der Waals surface area (Å²) in [7, 11) is 4.24. The van der Waals surface area contributed by atoms with Gasteiger partial charge in [0.25, 0.3) is 0 Å². The van der Waals surface area contributed by atoms with Gasteiger partial charge in [-0.1, -0.05) is 43.5 Å². The third-order valence-electron chi connectivity index (χ3n) is 4.19. The summed E-state index contributed by atoms with van der Waals surface area (Å²) in [5.41, 5.74) is 2.92. The largest absolute Gasteiger partial charge is 0.302 e. The monoisotopic (exact) mass is 263 g/mol. The zero-order valence-electron chi connectivity index (χ0n) is 11.6. The lowest BCUT2D eigenvalue weighted by atomic mass is 9.84. The summed E-state index contributed by atoms with van der Waals surface area (Å²) in [6.07, 6.45) is 7.00. The van der Waals surface area contributed by atoms with Gasteiger partial charge < -0.3 is 4.90 Å². The zero-order chi connectivity index (χ0) is 13.0. The second-order valence-electron chi connectivity index (χ2n) is 5.66. The highest BCUT2D eigenvalue weighted by Gasteiger charge is 2.16. The van der Waals surface area contributed by atoms with Gasteiger partial charge in [-0.05, 0) is 44.0 Å². The molecule has 0 radical (unpaired) electrons. The summed E-state index contributed by atoms with van der Waals surface area (Å²) in [5.74, 6) is 1.68. The van der Waals surface area contributed by atoms with Crippen LogP contribution < -0.4 is 0 Å². The Labute approximate surface area is 117 Å². The molecule has 0 heterocycles. The van der Waals surface area contributed by atoms with Gasteiger partial charge >= 0.3 is 0 Å². The average molecular weight is 263 g/mol. The van der Waals surface area contributed by atoms with Crippen LogP contribution in [0.15, 0.2) is 24.3 Å². The third kappa shape index (κ3) is 3.30. The molecule has 100 valence electrons. The molecule has 1 unspecified atom stereocenters. The smallest absolute Gasteiger partial charge is 0.0429 e. The lowest BCUT2D eigenvalue weighted by molar-refractivity contribution is 0.326. The van der Waals surface area contributed by atoms with E-state index in [9.17, 15) is 0 Å². The van der Waals surface area contributed by atoms with Gasteiger partial charge in [-0.25, -0.2) is 0 Å². The van der Waals surface area contributed by atoms with Crippen molar-refractivity contribution in [3.05, 3.63) is 35.4 Å². The number of rotatable bonds is 4. The number of thiol groups is 1. The Balaban J connectivity index is 2.08. The molecule has 0 aliphatic heterocycles. The van der Waals surface area contributed by atoms with Crippen LogP contribution in [0.25, 0.3) is 0 Å². The first-order valence-electron chi connectivity index (χ1n) is 7.09. The van der Waals surface area contributed by atoms with Crippen LogP contribution in [0.2, 0.25) is 0 Å². The van der Waals surface area contributed by atoms with Gasteiger partial charge in [-0.3, -0.25) is 0 Å². The predicted octanol–water partition coefficient (Wildman–Crippen LogP) is 4.27. The second kappa shape index (κ2) is 6.63. The standard InChI is InChI=1S/C16H25NS/c1-17(2)16(12-18)15-10-8-14(9-11-15)13-6-4-3-5-7-13/h8-11,13,16,18H,3-7,12H2,1-2H3. The van der Waals surface area contributed by atoms with Crippen molar-refractivity contribution in [2.24, 2.45) is 0 Å². The molecule has 0 aromatic heterocycles. The van der Waals surface area contributed by atoms with E-state index in [1.165, 1.54) is 43.2 Å². The average Bonchev–Trinajstić information content (AvgIpc) is 2.41. The highest BCUT2D eigenvalue weighted by atomic mass is 32.1. The van der Waals surface area contributed by atoms with E-state index in [1.54, 1.807) is 0 Å². The zero-order valence-corrected chi connectivity index (χ0v) is 12.5. The van der Waals surface area contributed by atoms with Crippen LogP contribution in [-0.2, 0) is 0 Å². The molecule has 0 bridgehead atoms. The number of hydrogen-bond donors (Lipinski definition) is 1. The summed E-state index contributed by atoms with van der Waals surface area (Å²) < 4.78 is 0. The van der Waals surface area contributed by atoms with E-state index in [1.807, 2.05) is 0 Å². The maximum atomic E-state index is 4.45. The van der Waals surface area contributed by atoms with Crippen molar-refractivity contribution in [3.63, 3.8) is 0 Å². The minimum atomic E-state index is 0.425. The van der Waals surface area contributed by atoms with Gasteiger partial charge in [0.05, 0.1) is 0 Å². The van der Waals surface area contributed by atoms with Crippen LogP contribution in [0.1, 0.15) is 55.2 Å². The molecule has 1 nitrogen and oxygen atoms in total. The molecule has 2 heteroatoms. The van der Waals surface area contributed by atoms with Crippen molar-refractivity contribution in [3.8, 4) is 0 Å². The Kier molecular flexibility index (Phi) is 5.13. The van der Waals surface area contributed by atoms with E-state index in [0.717, 1.165) is 11.7 Å². The predicted molar refractivity (Wildman–Crippen MR) is 82.5 cm³/mol. The Bertz CT molecular complexity index is 352. The number of benzene rings is 1. The van der Waals surface area contributed by atoms with Crippen LogP contribution in [0, 0.1) is 0 Å². The van der Waals surface area contributed by atoms with Crippen LogP contribution in [0.4, 0.5) is 0 Å². The van der Waals surface area contributed by atoms with Gasteiger partial charge in [0.1, 0.15) is 0 Å². The molecular weight excluding hydrogens is 238 g/mol. The minimum absolute atomic E-state index is 0.425. The van der Waals surface area contributed by atoms with Gasteiger partial charge in [0.2, 0.25) is 0 Å². The van der Waals surface area contributed by atoms with E-state index in [2.05, 4.69) is 55.9 Å². The molecular formula is C16H25NS. The molecule has 18 heavy (non-hydrogen) atoms. The van der Waals surface area contributed by atoms with Crippen LogP contribution >= 0.6 is 12.6 Å². The topological polar surface area (TPSA) is 3.24 Å². The van der Waals surface area contributed by atoms with Crippen molar-refractivity contribution in [2.45, 2.75) is 44.1 Å². The van der Waals surface area contributed by atoms with E-state index in [-0.39, 0.29) is 0 Å². The third-order valence-corrected chi connectivity index (χ3v) is 4.54. The fraction of sp³-hybridized carbons (Fsp3) is 0.625. The van der Waals surface area contributed by atoms with Gasteiger partial charge in [0, 0.05) is 11.8 Å². The van der Waals surface area contributed by atoms with Crippen LogP contribution in [-0.4, -0.2) is 24.7 Å². The highest BCUT2D eigenvalue weighted by Crippen LogP contribution is 2.33. The van der Waals surface area contributed by atoms with Crippen molar-refractivity contribution in [2.75, 3.05) is 19.8 Å². The molecule has 2 rings (SSSR count). The molecule has 1 atom stereocenters. The summed E-state index contributed by atoms with van der Waals surface area (Å²) >= 11 is 4.45. The fourth-order valence-electron chi connectivity index (χ4n) is 2.99. The number of nitrogens with zero attached hydrogens (tertiary/aromatic N) is 1. The number of hydrogen-bond acceptors (Lipinski definition) is 2. The second-order valence-corrected chi connectivity index (χ2v) is 6.03. The summed E-state index contributed by atoms with van der Waals surface area (Å²) in [4.78, 5) is 2.24. The Morgan fingerprint density at radius 2 is 1.72 bits per heavy atom. The molecule has 0 amide bonds. The SMILES string of the molecule is CN(C)C(CS)c1ccc(C2CCCCC2)cc1. The molecule has 0 saturated heterocycles. The Hall–Kier alpha value is -0.470. The van der Waals surface area contributed by atoms with Crippen LogP contribution in [0.3, 0.4) is 0 Å². The lowest BCUT2D eigenvalue weighted by Gasteiger charge is -2.25. The normalized spacial score (nSPS) is 19.1. The summed E-state index contributed by atoms with van der Waals surface area (Å²) in [6.45, 7) is 0. The Morgan fingerprint density at radius 3 is 2.22 bits per heavy atom. The Morgan fingerprint density at radius 1 is 1.11 bits per heavy atom. The van der Waals surface area contributed by atoms with Crippen molar-refractivity contribution >= 4 is 12.6 Å². The molecule has 0 spiro atoms. The molecule has 1 saturated carbocycles. The first-order valence-corrected chi connectivity index (χ1v) is 7.72. The van der Waals surface area contributed by atoms with E-state index in [4.69, 9.17) is 0 Å². The lowest BCUT2D eigenvalue weighted by Crippen LogP contribution is -2.21. The quantitative estimate of drug-likeness (QED) is 0.794. The molecule has 1 aliphatic carbocycles. The highest BCUT2D eigenvalue weighted by molar-refractivity contribution is 7.80. The summed E-state index contributed by atoms with van der Waals surface area (Å²) in [5, 5.41) is 0. The molecule has 1 aromatic carbocycles. The van der Waals surface area contributed by atoms with Gasteiger partial charge in [0.15, 0.2) is 0 Å². The fourth-order valence-corrected chi connectivity index (χ4v) is 3.53. The maximum absolute atomic E-state index is 4.45. The van der Waals surface area contributed by atoms with Crippen molar-refractivity contribution in [1.82, 2.24) is 4.90 Å². The van der Waals surface area contributed by atoms with Crippen molar-refractivity contribution in [1.29, 1.82) is 0 Å². The first-order chi connectivity index (χ1) is 8.72. The van der Waals surface area contributed by atoms with Gasteiger partial charge in [-0.2, -0.15) is 12.6 Å². The van der Waals surface area contributed by atoms with Gasteiger partial charge in [-0.15, -0.1) is 0 Å². The van der Waals surface area contributed by atoms with E-state index < -0.39 is 0 Å².